The third-order valence-electron chi connectivity index (χ3n) is 6.82. The molecule has 3 atom stereocenters. The second-order valence-electron chi connectivity index (χ2n) is 9.07. The summed E-state index contributed by atoms with van der Waals surface area (Å²) in [5.41, 5.74) is 2.97. The van der Waals surface area contributed by atoms with Crippen LogP contribution < -0.4 is 15.5 Å². The van der Waals surface area contributed by atoms with Crippen LogP contribution in [-0.4, -0.2) is 78.5 Å². The molecule has 5 aliphatic rings. The lowest BCUT2D eigenvalue weighted by atomic mass is 9.91. The number of ether oxygens (including phenoxy) is 1. The lowest BCUT2D eigenvalue weighted by Gasteiger charge is -2.28. The molecule has 0 saturated carbocycles. The molecule has 2 unspecified atom stereocenters. The molecule has 2 fully saturated rings. The molecule has 10 nitrogen and oxygen atoms in total. The van der Waals surface area contributed by atoms with E-state index in [0.29, 0.717) is 55.4 Å². The van der Waals surface area contributed by atoms with Crippen LogP contribution in [0.3, 0.4) is 0 Å². The minimum absolute atomic E-state index is 0.0319. The molecule has 5 aliphatic heterocycles. The minimum Gasteiger partial charge on any atom is -0.444 e. The van der Waals surface area contributed by atoms with Crippen LogP contribution in [0, 0.1) is 5.92 Å². The monoisotopic (exact) mass is 493 g/mol. The van der Waals surface area contributed by atoms with Crippen LogP contribution in [0.1, 0.15) is 6.42 Å². The number of carbonyl (C=O) groups is 4. The Kier molecular flexibility index (Phi) is 5.45. The molecule has 180 valence electrons. The third-order valence-corrected chi connectivity index (χ3v) is 7.89. The average Bonchev–Trinajstić information content (AvgIpc) is 3.39. The molecule has 0 radical (unpaired) electrons. The number of hydrogen-bond donors (Lipinski definition) is 2. The lowest BCUT2D eigenvalue weighted by Crippen LogP contribution is -2.44. The average molecular weight is 494 g/mol. The zero-order valence-corrected chi connectivity index (χ0v) is 19.5. The van der Waals surface area contributed by atoms with Crippen LogP contribution in [0.4, 0.5) is 16.2 Å². The van der Waals surface area contributed by atoms with Crippen molar-refractivity contribution in [2.75, 3.05) is 42.1 Å². The number of fused-ring (bicyclic) bond motifs is 1. The second kappa shape index (κ2) is 8.65. The highest BCUT2D eigenvalue weighted by atomic mass is 32.2. The van der Waals surface area contributed by atoms with E-state index in [9.17, 15) is 19.2 Å². The van der Waals surface area contributed by atoms with Crippen molar-refractivity contribution in [3.8, 4) is 0 Å². The standard InChI is InChI=1S/C24H23N5O5S/c30-20-8-16-13(10-29-22(32)4-2-17(26-20)23(16)29)9-25-6-5-15-11-28(24(33)34-15)14-1-3-19-18(7-14)27-21(31)12-35-19/h1-4,7-8,13,15,23,25H,5-6,9-12H2,(H,27,31)/t13?,15-,23?/m0/s1. The Hall–Kier alpha value is -3.44. The van der Waals surface area contributed by atoms with Crippen LogP contribution in [0.5, 0.6) is 0 Å². The number of benzene rings is 1. The van der Waals surface area contributed by atoms with Gasteiger partial charge in [0.25, 0.3) is 5.91 Å². The topological polar surface area (TPSA) is 120 Å². The summed E-state index contributed by atoms with van der Waals surface area (Å²) in [5, 5.41) is 6.25. The number of cyclic esters (lactones) is 1. The van der Waals surface area contributed by atoms with Crippen molar-refractivity contribution in [2.24, 2.45) is 10.9 Å². The van der Waals surface area contributed by atoms with Gasteiger partial charge in [0.15, 0.2) is 0 Å². The van der Waals surface area contributed by atoms with Gasteiger partial charge in [0, 0.05) is 41.7 Å². The van der Waals surface area contributed by atoms with E-state index in [4.69, 9.17) is 4.74 Å². The Morgan fingerprint density at radius 2 is 2.06 bits per heavy atom. The number of carbonyl (C=O) groups excluding carboxylic acids is 4. The van der Waals surface area contributed by atoms with Gasteiger partial charge in [-0.1, -0.05) is 0 Å². The number of thioether (sulfide) groups is 1. The van der Waals surface area contributed by atoms with E-state index in [-0.39, 0.29) is 35.8 Å². The van der Waals surface area contributed by atoms with Crippen molar-refractivity contribution in [2.45, 2.75) is 23.5 Å². The Morgan fingerprint density at radius 3 is 2.94 bits per heavy atom. The van der Waals surface area contributed by atoms with Gasteiger partial charge >= 0.3 is 6.09 Å². The van der Waals surface area contributed by atoms with Crippen molar-refractivity contribution >= 4 is 52.7 Å². The predicted molar refractivity (Wildman–Crippen MR) is 130 cm³/mol. The van der Waals surface area contributed by atoms with Crippen molar-refractivity contribution in [3.63, 3.8) is 0 Å². The van der Waals surface area contributed by atoms with Crippen molar-refractivity contribution in [1.82, 2.24) is 10.2 Å². The number of hydrogen-bond acceptors (Lipinski definition) is 7. The van der Waals surface area contributed by atoms with Crippen LogP contribution in [-0.2, 0) is 19.1 Å². The maximum Gasteiger partial charge on any atom is 0.414 e. The molecule has 1 aromatic carbocycles. The highest BCUT2D eigenvalue weighted by molar-refractivity contribution is 8.00. The van der Waals surface area contributed by atoms with Crippen molar-refractivity contribution in [3.05, 3.63) is 42.0 Å². The Labute approximate surface area is 205 Å². The molecule has 0 bridgehead atoms. The SMILES string of the molecule is O=C1C=C2C(CNCC[C@H]3CN(c4ccc5c(c4)NC(=O)CS5)C(=O)O3)CN3C(=O)C=CC(=N1)C23. The summed E-state index contributed by atoms with van der Waals surface area (Å²) in [7, 11) is 0. The predicted octanol–water partition coefficient (Wildman–Crippen LogP) is 1.34. The van der Waals surface area contributed by atoms with Gasteiger partial charge in [0.1, 0.15) is 6.10 Å². The van der Waals surface area contributed by atoms with Gasteiger partial charge in [-0.2, -0.15) is 0 Å². The van der Waals surface area contributed by atoms with E-state index in [0.717, 1.165) is 10.5 Å². The van der Waals surface area contributed by atoms with Crippen LogP contribution in [0.2, 0.25) is 0 Å². The van der Waals surface area contributed by atoms with Crippen molar-refractivity contribution < 1.29 is 23.9 Å². The summed E-state index contributed by atoms with van der Waals surface area (Å²) < 4.78 is 5.56. The van der Waals surface area contributed by atoms with E-state index in [1.165, 1.54) is 17.8 Å². The number of nitrogens with one attached hydrogen (secondary N) is 2. The molecule has 2 saturated heterocycles. The molecule has 35 heavy (non-hydrogen) atoms. The molecule has 0 aromatic heterocycles. The first kappa shape index (κ1) is 22.1. The van der Waals surface area contributed by atoms with Crippen molar-refractivity contribution in [1.29, 1.82) is 0 Å². The fourth-order valence-corrected chi connectivity index (χ4v) is 5.97. The summed E-state index contributed by atoms with van der Waals surface area (Å²) in [6, 6.07) is 5.35. The van der Waals surface area contributed by atoms with E-state index >= 15 is 0 Å². The quantitative estimate of drug-likeness (QED) is 0.574. The molecule has 0 aliphatic carbocycles. The fourth-order valence-electron chi connectivity index (χ4n) is 5.18. The molecule has 1 aromatic rings. The Morgan fingerprint density at radius 1 is 1.17 bits per heavy atom. The summed E-state index contributed by atoms with van der Waals surface area (Å²) >= 11 is 1.48. The van der Waals surface area contributed by atoms with Gasteiger partial charge in [-0.3, -0.25) is 19.3 Å². The maximum absolute atomic E-state index is 12.5. The molecule has 6 rings (SSSR count). The van der Waals surface area contributed by atoms with E-state index < -0.39 is 6.09 Å². The van der Waals surface area contributed by atoms with E-state index in [1.807, 2.05) is 18.2 Å². The number of nitrogens with zero attached hydrogens (tertiary/aromatic N) is 3. The molecule has 2 N–H and O–H groups in total. The highest BCUT2D eigenvalue weighted by Crippen LogP contribution is 2.36. The normalized spacial score (nSPS) is 26.8. The molecule has 4 amide bonds. The van der Waals surface area contributed by atoms with Crippen LogP contribution in [0.15, 0.2) is 51.9 Å². The van der Waals surface area contributed by atoms with Gasteiger partial charge in [0.2, 0.25) is 11.8 Å². The minimum atomic E-state index is -0.402. The molecule has 0 spiro atoms. The number of anilines is 2. The second-order valence-corrected chi connectivity index (χ2v) is 10.1. The van der Waals surface area contributed by atoms with E-state index in [2.05, 4.69) is 15.6 Å². The third kappa shape index (κ3) is 4.04. The zero-order valence-electron chi connectivity index (χ0n) is 18.7. The Balaban J connectivity index is 1.03. The molecule has 11 heteroatoms. The van der Waals surface area contributed by atoms with Gasteiger partial charge < -0.3 is 20.3 Å². The Bertz CT molecular complexity index is 1240. The largest absolute Gasteiger partial charge is 0.444 e. The van der Waals surface area contributed by atoms with Gasteiger partial charge in [-0.25, -0.2) is 9.79 Å². The molecular formula is C24H23N5O5S. The number of amides is 4. The van der Waals surface area contributed by atoms with Crippen LogP contribution >= 0.6 is 11.8 Å². The molecular weight excluding hydrogens is 470 g/mol. The van der Waals surface area contributed by atoms with E-state index in [1.54, 1.807) is 22.0 Å². The smallest absolute Gasteiger partial charge is 0.414 e. The van der Waals surface area contributed by atoms with Gasteiger partial charge in [-0.15, -0.1) is 11.8 Å². The lowest BCUT2D eigenvalue weighted by molar-refractivity contribution is -0.126. The number of dihydropyridines is 1. The van der Waals surface area contributed by atoms with Gasteiger partial charge in [0.05, 0.1) is 29.7 Å². The summed E-state index contributed by atoms with van der Waals surface area (Å²) in [5.74, 6) is 0.0285. The molecule has 5 heterocycles. The summed E-state index contributed by atoms with van der Waals surface area (Å²) in [4.78, 5) is 56.9. The summed E-state index contributed by atoms with van der Waals surface area (Å²) in [6.07, 6.45) is 4.64. The number of aliphatic imine (C=N–C) groups is 1. The first-order valence-corrected chi connectivity index (χ1v) is 12.5. The highest BCUT2D eigenvalue weighted by Gasteiger charge is 2.44. The first-order valence-electron chi connectivity index (χ1n) is 11.5. The van der Waals surface area contributed by atoms with Gasteiger partial charge in [-0.05, 0) is 42.8 Å². The maximum atomic E-state index is 12.5. The number of rotatable bonds is 6. The van der Waals surface area contributed by atoms with Crippen LogP contribution in [0.25, 0.3) is 0 Å². The fraction of sp³-hybridized carbons (Fsp3) is 0.375. The summed E-state index contributed by atoms with van der Waals surface area (Å²) in [6.45, 7) is 2.20. The first-order chi connectivity index (χ1) is 17.0. The zero-order chi connectivity index (χ0) is 24.1.